The second-order valence-electron chi connectivity index (χ2n) is 4.83. The molecular formula is C17H16N2O4S. The molecule has 1 N–H and O–H groups in total. The fourth-order valence-corrected chi connectivity index (χ4v) is 2.82. The summed E-state index contributed by atoms with van der Waals surface area (Å²) in [7, 11) is 3.10. The monoisotopic (exact) mass is 344 g/mol. The Morgan fingerprint density at radius 3 is 2.54 bits per heavy atom. The molecule has 1 heterocycles. The third-order valence-corrected chi connectivity index (χ3v) is 4.39. The first-order valence-corrected chi connectivity index (χ1v) is 7.91. The van der Waals surface area contributed by atoms with E-state index in [0.29, 0.717) is 27.8 Å². The molecule has 0 radical (unpaired) electrons. The van der Waals surface area contributed by atoms with Crippen molar-refractivity contribution >= 4 is 17.7 Å². The lowest BCUT2D eigenvalue weighted by molar-refractivity contribution is -0.136. The Hall–Kier alpha value is -2.72. The van der Waals surface area contributed by atoms with Crippen LogP contribution in [0.3, 0.4) is 0 Å². The predicted molar refractivity (Wildman–Crippen MR) is 90.4 cm³/mol. The molecule has 2 aromatic rings. The van der Waals surface area contributed by atoms with Gasteiger partial charge in [0.25, 0.3) is 0 Å². The van der Waals surface area contributed by atoms with Crippen LogP contribution < -0.4 is 9.47 Å². The number of carboxylic acids is 1. The lowest BCUT2D eigenvalue weighted by Crippen LogP contribution is -2.12. The highest BCUT2D eigenvalue weighted by Gasteiger charge is 2.17. The van der Waals surface area contributed by atoms with Crippen molar-refractivity contribution in [3.63, 3.8) is 0 Å². The molecule has 0 saturated heterocycles. The normalized spacial score (nSPS) is 11.4. The first kappa shape index (κ1) is 17.6. The first-order chi connectivity index (χ1) is 11.5. The summed E-state index contributed by atoms with van der Waals surface area (Å²) in [4.78, 5) is 15.5. The zero-order valence-corrected chi connectivity index (χ0v) is 14.3. The van der Waals surface area contributed by atoms with Gasteiger partial charge in [-0.05, 0) is 37.3 Å². The van der Waals surface area contributed by atoms with Crippen molar-refractivity contribution in [3.8, 4) is 28.8 Å². The number of nitrogens with zero attached hydrogens (tertiary/aromatic N) is 2. The van der Waals surface area contributed by atoms with Gasteiger partial charge in [-0.25, -0.2) is 4.98 Å². The lowest BCUT2D eigenvalue weighted by atomic mass is 10.1. The van der Waals surface area contributed by atoms with Crippen molar-refractivity contribution in [2.24, 2.45) is 0 Å². The highest BCUT2D eigenvalue weighted by Crippen LogP contribution is 2.33. The second kappa shape index (κ2) is 7.70. The fraction of sp³-hybridized carbons (Fsp3) is 0.235. The van der Waals surface area contributed by atoms with Crippen LogP contribution in [0, 0.1) is 11.3 Å². The number of pyridine rings is 1. The molecule has 0 amide bonds. The van der Waals surface area contributed by atoms with Crippen LogP contribution in [0.4, 0.5) is 0 Å². The van der Waals surface area contributed by atoms with E-state index in [4.69, 9.17) is 14.6 Å². The van der Waals surface area contributed by atoms with E-state index in [9.17, 15) is 10.1 Å². The van der Waals surface area contributed by atoms with Crippen molar-refractivity contribution in [1.82, 2.24) is 4.98 Å². The van der Waals surface area contributed by atoms with Crippen molar-refractivity contribution in [3.05, 3.63) is 35.9 Å². The van der Waals surface area contributed by atoms with Crippen LogP contribution in [0.25, 0.3) is 11.3 Å². The van der Waals surface area contributed by atoms with Crippen LogP contribution in [0.15, 0.2) is 35.4 Å². The number of thioether (sulfide) groups is 1. The summed E-state index contributed by atoms with van der Waals surface area (Å²) in [6, 6.07) is 10.8. The molecule has 0 bridgehead atoms. The zero-order chi connectivity index (χ0) is 17.7. The smallest absolute Gasteiger partial charge is 0.316 e. The fourth-order valence-electron chi connectivity index (χ4n) is 1.99. The third-order valence-electron chi connectivity index (χ3n) is 3.30. The standard InChI is InChI=1S/C17H16N2O4S/c1-10(17(20)21)24-16-12(9-18)4-6-13(19-16)11-5-7-14(22-2)15(8-11)23-3/h4-8,10H,1-3H3,(H,20,21). The largest absolute Gasteiger partial charge is 0.493 e. The summed E-state index contributed by atoms with van der Waals surface area (Å²) in [5, 5.41) is 17.9. The number of carboxylic acid groups (broad SMARTS) is 1. The van der Waals surface area contributed by atoms with Gasteiger partial charge < -0.3 is 14.6 Å². The Balaban J connectivity index is 2.45. The maximum Gasteiger partial charge on any atom is 0.316 e. The van der Waals surface area contributed by atoms with E-state index < -0.39 is 11.2 Å². The van der Waals surface area contributed by atoms with Gasteiger partial charge in [0, 0.05) is 5.56 Å². The van der Waals surface area contributed by atoms with Gasteiger partial charge in [0.05, 0.1) is 25.5 Å². The van der Waals surface area contributed by atoms with Gasteiger partial charge in [0.1, 0.15) is 16.3 Å². The number of hydrogen-bond donors (Lipinski definition) is 1. The zero-order valence-electron chi connectivity index (χ0n) is 13.4. The van der Waals surface area contributed by atoms with Gasteiger partial charge in [-0.2, -0.15) is 5.26 Å². The van der Waals surface area contributed by atoms with Crippen molar-refractivity contribution < 1.29 is 19.4 Å². The van der Waals surface area contributed by atoms with Crippen LogP contribution in [0.1, 0.15) is 12.5 Å². The average Bonchev–Trinajstić information content (AvgIpc) is 2.60. The Kier molecular flexibility index (Phi) is 5.66. The number of methoxy groups -OCH3 is 2. The number of ether oxygens (including phenoxy) is 2. The summed E-state index contributed by atoms with van der Waals surface area (Å²) in [6.07, 6.45) is 0. The molecule has 0 fully saturated rings. The van der Waals surface area contributed by atoms with E-state index in [1.165, 1.54) is 0 Å². The van der Waals surface area contributed by atoms with E-state index in [1.807, 2.05) is 12.1 Å². The van der Waals surface area contributed by atoms with Gasteiger partial charge in [0.2, 0.25) is 0 Å². The number of aliphatic carboxylic acids is 1. The number of nitriles is 1. The molecule has 1 unspecified atom stereocenters. The molecule has 0 spiro atoms. The predicted octanol–water partition coefficient (Wildman–Crippen LogP) is 3.20. The van der Waals surface area contributed by atoms with E-state index in [0.717, 1.165) is 17.3 Å². The number of carbonyl (C=O) groups is 1. The summed E-state index contributed by atoms with van der Waals surface area (Å²) in [5.41, 5.74) is 1.74. The summed E-state index contributed by atoms with van der Waals surface area (Å²) >= 11 is 1.04. The average molecular weight is 344 g/mol. The molecule has 124 valence electrons. The molecular weight excluding hydrogens is 328 g/mol. The van der Waals surface area contributed by atoms with Gasteiger partial charge in [-0.3, -0.25) is 4.79 Å². The maximum atomic E-state index is 11.1. The summed E-state index contributed by atoms with van der Waals surface area (Å²) in [5.74, 6) is 0.209. The molecule has 6 nitrogen and oxygen atoms in total. The molecule has 0 aliphatic rings. The van der Waals surface area contributed by atoms with Crippen molar-refractivity contribution in [2.45, 2.75) is 17.2 Å². The van der Waals surface area contributed by atoms with E-state index in [-0.39, 0.29) is 0 Å². The Morgan fingerprint density at radius 2 is 1.96 bits per heavy atom. The second-order valence-corrected chi connectivity index (χ2v) is 6.16. The molecule has 7 heteroatoms. The summed E-state index contributed by atoms with van der Waals surface area (Å²) < 4.78 is 10.5. The quantitative estimate of drug-likeness (QED) is 0.804. The first-order valence-electron chi connectivity index (χ1n) is 7.03. The van der Waals surface area contributed by atoms with E-state index >= 15 is 0 Å². The SMILES string of the molecule is COc1ccc(-c2ccc(C#N)c(SC(C)C(=O)O)n2)cc1OC. The van der Waals surface area contributed by atoms with Crippen LogP contribution in [0.2, 0.25) is 0 Å². The molecule has 0 aliphatic heterocycles. The highest BCUT2D eigenvalue weighted by atomic mass is 32.2. The molecule has 24 heavy (non-hydrogen) atoms. The van der Waals surface area contributed by atoms with Crippen LogP contribution in [0.5, 0.6) is 11.5 Å². The third kappa shape index (κ3) is 3.78. The van der Waals surface area contributed by atoms with E-state index in [2.05, 4.69) is 4.98 Å². The highest BCUT2D eigenvalue weighted by molar-refractivity contribution is 8.00. The molecule has 1 atom stereocenters. The Labute approximate surface area is 144 Å². The minimum atomic E-state index is -0.956. The molecule has 1 aromatic heterocycles. The van der Waals surface area contributed by atoms with Crippen LogP contribution in [-0.2, 0) is 4.79 Å². The topological polar surface area (TPSA) is 92.4 Å². The Morgan fingerprint density at radius 1 is 1.25 bits per heavy atom. The van der Waals surface area contributed by atoms with E-state index in [1.54, 1.807) is 45.4 Å². The Bertz CT molecular complexity index is 802. The number of benzene rings is 1. The van der Waals surface area contributed by atoms with Gasteiger partial charge in [-0.1, -0.05) is 11.8 Å². The van der Waals surface area contributed by atoms with Crippen molar-refractivity contribution in [1.29, 1.82) is 5.26 Å². The number of rotatable bonds is 6. The number of aromatic nitrogens is 1. The minimum Gasteiger partial charge on any atom is -0.493 e. The van der Waals surface area contributed by atoms with Gasteiger partial charge in [0.15, 0.2) is 11.5 Å². The minimum absolute atomic E-state index is 0.345. The maximum absolute atomic E-state index is 11.1. The number of hydrogen-bond acceptors (Lipinski definition) is 6. The van der Waals surface area contributed by atoms with Gasteiger partial charge in [-0.15, -0.1) is 0 Å². The molecule has 2 rings (SSSR count). The van der Waals surface area contributed by atoms with Crippen LogP contribution >= 0.6 is 11.8 Å². The molecule has 1 aromatic carbocycles. The van der Waals surface area contributed by atoms with Gasteiger partial charge >= 0.3 is 5.97 Å². The van der Waals surface area contributed by atoms with Crippen molar-refractivity contribution in [2.75, 3.05) is 14.2 Å². The summed E-state index contributed by atoms with van der Waals surface area (Å²) in [6.45, 7) is 1.55. The lowest BCUT2D eigenvalue weighted by Gasteiger charge is -2.11. The van der Waals surface area contributed by atoms with Crippen LogP contribution in [-0.4, -0.2) is 35.5 Å². The molecule has 0 saturated carbocycles. The molecule has 0 aliphatic carbocycles.